The lowest BCUT2D eigenvalue weighted by molar-refractivity contribution is 0.104. The Kier molecular flexibility index (Phi) is 3.26. The average Bonchev–Trinajstić information content (AvgIpc) is 2.69. The molecule has 2 aromatic rings. The van der Waals surface area contributed by atoms with Gasteiger partial charge in [-0.25, -0.2) is 8.78 Å². The largest absolute Gasteiger partial charge is 0.288 e. The van der Waals surface area contributed by atoms with Gasteiger partial charge < -0.3 is 0 Å². The summed E-state index contributed by atoms with van der Waals surface area (Å²) in [6.07, 6.45) is 0. The fourth-order valence-corrected chi connectivity index (χ4v) is 2.44. The molecule has 1 aromatic heterocycles. The van der Waals surface area contributed by atoms with Gasteiger partial charge in [-0.3, -0.25) is 4.79 Å². The Morgan fingerprint density at radius 2 is 1.88 bits per heavy atom. The van der Waals surface area contributed by atoms with Gasteiger partial charge in [0.05, 0.1) is 9.90 Å². The number of carbonyl (C=O) groups is 1. The molecule has 1 aromatic carbocycles. The number of hydrogen-bond acceptors (Lipinski definition) is 2. The molecular formula is C12H7ClF2OS. The molecule has 0 aliphatic carbocycles. The van der Waals surface area contributed by atoms with Gasteiger partial charge >= 0.3 is 0 Å². The maximum Gasteiger partial charge on any atom is 0.204 e. The first kappa shape index (κ1) is 12.2. The second kappa shape index (κ2) is 4.55. The summed E-state index contributed by atoms with van der Waals surface area (Å²) in [4.78, 5) is 13.4. The van der Waals surface area contributed by atoms with Crippen molar-refractivity contribution in [1.29, 1.82) is 0 Å². The van der Waals surface area contributed by atoms with Crippen LogP contribution in [0.3, 0.4) is 0 Å². The van der Waals surface area contributed by atoms with Crippen LogP contribution in [0.25, 0.3) is 0 Å². The molecule has 0 aliphatic heterocycles. The van der Waals surface area contributed by atoms with E-state index in [9.17, 15) is 13.6 Å². The topological polar surface area (TPSA) is 17.1 Å². The fraction of sp³-hybridized carbons (Fsp3) is 0.0833. The summed E-state index contributed by atoms with van der Waals surface area (Å²) in [7, 11) is 0. The molecule has 0 saturated heterocycles. The van der Waals surface area contributed by atoms with Crippen molar-refractivity contribution in [2.45, 2.75) is 6.92 Å². The standard InChI is InChI=1S/C12H7ClF2OS/c1-6-2-3-11(17-6)12(16)7-4-9(14)10(15)5-8(7)13/h2-5H,1H3. The van der Waals surface area contributed by atoms with E-state index >= 15 is 0 Å². The first-order chi connectivity index (χ1) is 7.99. The Hall–Kier alpha value is -1.26. The molecule has 0 radical (unpaired) electrons. The number of ketones is 1. The van der Waals surface area contributed by atoms with Crippen LogP contribution in [0.2, 0.25) is 5.02 Å². The van der Waals surface area contributed by atoms with Crippen LogP contribution >= 0.6 is 22.9 Å². The Labute approximate surface area is 106 Å². The Morgan fingerprint density at radius 3 is 2.47 bits per heavy atom. The second-order valence-electron chi connectivity index (χ2n) is 3.49. The Balaban J connectivity index is 2.47. The molecule has 0 atom stereocenters. The van der Waals surface area contributed by atoms with Gasteiger partial charge in [0.1, 0.15) is 0 Å². The minimum Gasteiger partial charge on any atom is -0.288 e. The minimum atomic E-state index is -1.08. The third-order valence-corrected chi connectivity index (χ3v) is 3.53. The summed E-state index contributed by atoms with van der Waals surface area (Å²) >= 11 is 7.02. The number of halogens is 3. The summed E-state index contributed by atoms with van der Waals surface area (Å²) < 4.78 is 25.9. The van der Waals surface area contributed by atoms with Crippen LogP contribution in [0.5, 0.6) is 0 Å². The lowest BCUT2D eigenvalue weighted by Crippen LogP contribution is -2.01. The van der Waals surface area contributed by atoms with Crippen molar-refractivity contribution in [2.24, 2.45) is 0 Å². The van der Waals surface area contributed by atoms with Gasteiger partial charge in [-0.15, -0.1) is 11.3 Å². The third-order valence-electron chi connectivity index (χ3n) is 2.22. The number of rotatable bonds is 2. The molecule has 5 heteroatoms. The maximum atomic E-state index is 13.1. The van der Waals surface area contributed by atoms with Crippen LogP contribution in [-0.4, -0.2) is 5.78 Å². The number of benzene rings is 1. The van der Waals surface area contributed by atoms with Crippen LogP contribution in [0.15, 0.2) is 24.3 Å². The summed E-state index contributed by atoms with van der Waals surface area (Å²) in [5, 5.41) is -0.0834. The molecule has 1 heterocycles. The molecule has 0 bridgehead atoms. The number of aryl methyl sites for hydroxylation is 1. The lowest BCUT2D eigenvalue weighted by atomic mass is 10.1. The maximum absolute atomic E-state index is 13.1. The smallest absolute Gasteiger partial charge is 0.204 e. The van der Waals surface area contributed by atoms with Crippen molar-refractivity contribution in [3.05, 3.63) is 56.2 Å². The highest BCUT2D eigenvalue weighted by molar-refractivity contribution is 7.14. The van der Waals surface area contributed by atoms with Gasteiger partial charge in [-0.2, -0.15) is 0 Å². The van der Waals surface area contributed by atoms with Gasteiger partial charge in [0.25, 0.3) is 0 Å². The van der Waals surface area contributed by atoms with E-state index in [1.807, 2.05) is 6.92 Å². The SMILES string of the molecule is Cc1ccc(C(=O)c2cc(F)c(F)cc2Cl)s1. The highest BCUT2D eigenvalue weighted by atomic mass is 35.5. The van der Waals surface area contributed by atoms with E-state index in [2.05, 4.69) is 0 Å². The number of thiophene rings is 1. The molecule has 0 spiro atoms. The summed E-state index contributed by atoms with van der Waals surface area (Å²) in [5.41, 5.74) is -0.0209. The normalized spacial score (nSPS) is 10.6. The predicted octanol–water partition coefficient (Wildman–Crippen LogP) is 4.22. The monoisotopic (exact) mass is 272 g/mol. The first-order valence-electron chi connectivity index (χ1n) is 4.74. The summed E-state index contributed by atoms with van der Waals surface area (Å²) in [6.45, 7) is 1.86. The van der Waals surface area contributed by atoms with Crippen LogP contribution in [0.4, 0.5) is 8.78 Å². The molecule has 0 N–H and O–H groups in total. The average molecular weight is 273 g/mol. The van der Waals surface area contributed by atoms with E-state index in [-0.39, 0.29) is 10.6 Å². The van der Waals surface area contributed by atoms with E-state index < -0.39 is 17.4 Å². The predicted molar refractivity (Wildman–Crippen MR) is 63.9 cm³/mol. The Bertz CT molecular complexity index is 592. The van der Waals surface area contributed by atoms with E-state index in [0.717, 1.165) is 17.0 Å². The lowest BCUT2D eigenvalue weighted by Gasteiger charge is -2.02. The highest BCUT2D eigenvalue weighted by Crippen LogP contribution is 2.25. The second-order valence-corrected chi connectivity index (χ2v) is 5.18. The van der Waals surface area contributed by atoms with E-state index in [0.29, 0.717) is 4.88 Å². The number of carbonyl (C=O) groups excluding carboxylic acids is 1. The molecular weight excluding hydrogens is 266 g/mol. The Morgan fingerprint density at radius 1 is 1.24 bits per heavy atom. The molecule has 88 valence electrons. The molecule has 2 rings (SSSR count). The van der Waals surface area contributed by atoms with Crippen molar-refractivity contribution in [3.63, 3.8) is 0 Å². The van der Waals surface area contributed by atoms with Gasteiger partial charge in [-0.1, -0.05) is 11.6 Å². The molecule has 17 heavy (non-hydrogen) atoms. The van der Waals surface area contributed by atoms with Crippen LogP contribution in [0.1, 0.15) is 20.1 Å². The highest BCUT2D eigenvalue weighted by Gasteiger charge is 2.17. The van der Waals surface area contributed by atoms with Crippen molar-refractivity contribution in [1.82, 2.24) is 0 Å². The third kappa shape index (κ3) is 2.37. The van der Waals surface area contributed by atoms with Crippen molar-refractivity contribution >= 4 is 28.7 Å². The minimum absolute atomic E-state index is 0.0209. The van der Waals surface area contributed by atoms with E-state index in [1.54, 1.807) is 12.1 Å². The van der Waals surface area contributed by atoms with E-state index in [4.69, 9.17) is 11.6 Å². The van der Waals surface area contributed by atoms with Crippen LogP contribution in [0, 0.1) is 18.6 Å². The van der Waals surface area contributed by atoms with Crippen molar-refractivity contribution in [3.8, 4) is 0 Å². The fourth-order valence-electron chi connectivity index (χ4n) is 1.39. The quantitative estimate of drug-likeness (QED) is 0.591. The zero-order valence-electron chi connectivity index (χ0n) is 8.76. The van der Waals surface area contributed by atoms with Crippen LogP contribution < -0.4 is 0 Å². The molecule has 0 saturated carbocycles. The van der Waals surface area contributed by atoms with Gasteiger partial charge in [-0.05, 0) is 31.2 Å². The number of hydrogen-bond donors (Lipinski definition) is 0. The van der Waals surface area contributed by atoms with Gasteiger partial charge in [0.15, 0.2) is 11.6 Å². The zero-order chi connectivity index (χ0) is 12.6. The van der Waals surface area contributed by atoms with Gasteiger partial charge in [0, 0.05) is 10.4 Å². The molecule has 0 aliphatic rings. The first-order valence-corrected chi connectivity index (χ1v) is 5.94. The molecule has 0 unspecified atom stereocenters. The van der Waals surface area contributed by atoms with E-state index in [1.165, 1.54) is 11.3 Å². The molecule has 0 fully saturated rings. The van der Waals surface area contributed by atoms with Crippen molar-refractivity contribution < 1.29 is 13.6 Å². The zero-order valence-corrected chi connectivity index (χ0v) is 10.3. The molecule has 0 amide bonds. The van der Waals surface area contributed by atoms with Crippen molar-refractivity contribution in [2.75, 3.05) is 0 Å². The molecule has 1 nitrogen and oxygen atoms in total. The summed E-state index contributed by atoms with van der Waals surface area (Å²) in [5.74, 6) is -2.54. The van der Waals surface area contributed by atoms with Crippen LogP contribution in [-0.2, 0) is 0 Å². The van der Waals surface area contributed by atoms with Gasteiger partial charge in [0.2, 0.25) is 5.78 Å². The summed E-state index contributed by atoms with van der Waals surface area (Å²) in [6, 6.07) is 5.06.